The van der Waals surface area contributed by atoms with Crippen LogP contribution in [0.4, 0.5) is 0 Å². The Kier molecular flexibility index (Phi) is 6.12. The van der Waals surface area contributed by atoms with Crippen LogP contribution in [-0.4, -0.2) is 18.5 Å². The third-order valence-electron chi connectivity index (χ3n) is 4.68. The third kappa shape index (κ3) is 4.90. The standard InChI is InChI=1S/C23H23NO5/c1-4-16-6-8-17(9-7-16)15(3)24-22(26)13-28-23(27)21-12-19(25)18-11-14(2)5-10-20(18)29-21/h5-12,15H,4,13H2,1-3H3,(H,24,26)/t15-/m0/s1. The van der Waals surface area contributed by atoms with Gasteiger partial charge in [-0.05, 0) is 43.5 Å². The van der Waals surface area contributed by atoms with E-state index in [0.29, 0.717) is 11.0 Å². The normalized spacial score (nSPS) is 11.8. The van der Waals surface area contributed by atoms with E-state index in [0.717, 1.165) is 23.6 Å². The van der Waals surface area contributed by atoms with E-state index in [4.69, 9.17) is 9.15 Å². The van der Waals surface area contributed by atoms with Crippen LogP contribution in [0.25, 0.3) is 11.0 Å². The summed E-state index contributed by atoms with van der Waals surface area (Å²) in [7, 11) is 0. The van der Waals surface area contributed by atoms with Gasteiger partial charge in [0, 0.05) is 6.07 Å². The minimum absolute atomic E-state index is 0.228. The average Bonchev–Trinajstić information content (AvgIpc) is 2.72. The van der Waals surface area contributed by atoms with Gasteiger partial charge in [0.2, 0.25) is 5.76 Å². The highest BCUT2D eigenvalue weighted by Gasteiger charge is 2.17. The van der Waals surface area contributed by atoms with Gasteiger partial charge in [-0.1, -0.05) is 42.8 Å². The zero-order valence-electron chi connectivity index (χ0n) is 16.7. The molecule has 0 radical (unpaired) electrons. The minimum atomic E-state index is -0.861. The molecule has 0 saturated carbocycles. The average molecular weight is 393 g/mol. The van der Waals surface area contributed by atoms with E-state index < -0.39 is 18.5 Å². The van der Waals surface area contributed by atoms with E-state index in [1.54, 1.807) is 18.2 Å². The fourth-order valence-electron chi connectivity index (χ4n) is 2.98. The third-order valence-corrected chi connectivity index (χ3v) is 4.68. The van der Waals surface area contributed by atoms with Crippen molar-refractivity contribution in [2.24, 2.45) is 0 Å². The van der Waals surface area contributed by atoms with Crippen molar-refractivity contribution in [2.45, 2.75) is 33.2 Å². The Morgan fingerprint density at radius 3 is 2.52 bits per heavy atom. The first kappa shape index (κ1) is 20.3. The lowest BCUT2D eigenvalue weighted by Gasteiger charge is -2.14. The number of amides is 1. The summed E-state index contributed by atoms with van der Waals surface area (Å²) in [5, 5.41) is 3.17. The molecule has 0 aliphatic heterocycles. The molecule has 150 valence electrons. The summed E-state index contributed by atoms with van der Waals surface area (Å²) < 4.78 is 10.5. The molecule has 29 heavy (non-hydrogen) atoms. The molecule has 1 aromatic heterocycles. The van der Waals surface area contributed by atoms with Crippen molar-refractivity contribution in [3.8, 4) is 0 Å². The van der Waals surface area contributed by atoms with Crippen LogP contribution in [0.2, 0.25) is 0 Å². The number of ether oxygens (including phenoxy) is 1. The maximum atomic E-state index is 12.2. The summed E-state index contributed by atoms with van der Waals surface area (Å²) in [5.41, 5.74) is 3.04. The van der Waals surface area contributed by atoms with Crippen LogP contribution in [0.1, 0.15) is 47.1 Å². The molecule has 0 aliphatic carbocycles. The smallest absolute Gasteiger partial charge is 0.374 e. The molecule has 0 saturated heterocycles. The molecular weight excluding hydrogens is 370 g/mol. The molecule has 6 nitrogen and oxygen atoms in total. The van der Waals surface area contributed by atoms with E-state index in [9.17, 15) is 14.4 Å². The highest BCUT2D eigenvalue weighted by molar-refractivity contribution is 5.90. The van der Waals surface area contributed by atoms with Crippen LogP contribution in [0, 0.1) is 6.92 Å². The van der Waals surface area contributed by atoms with E-state index in [1.165, 1.54) is 5.56 Å². The zero-order chi connectivity index (χ0) is 21.0. The van der Waals surface area contributed by atoms with E-state index in [1.807, 2.05) is 38.1 Å². The van der Waals surface area contributed by atoms with Gasteiger partial charge in [-0.3, -0.25) is 9.59 Å². The first-order valence-corrected chi connectivity index (χ1v) is 9.47. The minimum Gasteiger partial charge on any atom is -0.450 e. The van der Waals surface area contributed by atoms with Crippen molar-refractivity contribution in [1.29, 1.82) is 0 Å². The number of rotatable bonds is 6. The first-order chi connectivity index (χ1) is 13.9. The maximum Gasteiger partial charge on any atom is 0.374 e. The number of fused-ring (bicyclic) bond motifs is 1. The van der Waals surface area contributed by atoms with Crippen molar-refractivity contribution < 1.29 is 18.7 Å². The number of carbonyl (C=O) groups is 2. The summed E-state index contributed by atoms with van der Waals surface area (Å²) in [6.07, 6.45) is 0.946. The van der Waals surface area contributed by atoms with E-state index in [2.05, 4.69) is 12.2 Å². The fraction of sp³-hybridized carbons (Fsp3) is 0.261. The predicted molar refractivity (Wildman–Crippen MR) is 110 cm³/mol. The molecule has 0 unspecified atom stereocenters. The van der Waals surface area contributed by atoms with Crippen LogP contribution < -0.4 is 10.7 Å². The van der Waals surface area contributed by atoms with Crippen LogP contribution in [0.3, 0.4) is 0 Å². The molecule has 3 aromatic rings. The van der Waals surface area contributed by atoms with Gasteiger partial charge in [-0.25, -0.2) is 4.79 Å². The predicted octanol–water partition coefficient (Wildman–Crippen LogP) is 3.70. The van der Waals surface area contributed by atoms with Crippen LogP contribution in [0.5, 0.6) is 0 Å². The number of benzene rings is 2. The van der Waals surface area contributed by atoms with Crippen molar-refractivity contribution in [2.75, 3.05) is 6.61 Å². The number of aryl methyl sites for hydroxylation is 2. The highest BCUT2D eigenvalue weighted by atomic mass is 16.5. The lowest BCUT2D eigenvalue weighted by atomic mass is 10.1. The van der Waals surface area contributed by atoms with Gasteiger partial charge in [-0.15, -0.1) is 0 Å². The molecule has 1 N–H and O–H groups in total. The molecule has 0 spiro atoms. The largest absolute Gasteiger partial charge is 0.450 e. The second-order valence-electron chi connectivity index (χ2n) is 6.93. The van der Waals surface area contributed by atoms with Gasteiger partial charge in [0.15, 0.2) is 12.0 Å². The van der Waals surface area contributed by atoms with Crippen LogP contribution in [0.15, 0.2) is 57.7 Å². The number of carbonyl (C=O) groups excluding carboxylic acids is 2. The quantitative estimate of drug-likeness (QED) is 0.646. The molecule has 1 atom stereocenters. The van der Waals surface area contributed by atoms with Crippen molar-refractivity contribution in [3.63, 3.8) is 0 Å². The Morgan fingerprint density at radius 1 is 1.10 bits per heavy atom. The Bertz CT molecular complexity index is 1100. The Balaban J connectivity index is 1.61. The maximum absolute atomic E-state index is 12.2. The second-order valence-corrected chi connectivity index (χ2v) is 6.93. The molecular formula is C23H23NO5. The van der Waals surface area contributed by atoms with Crippen molar-refractivity contribution in [3.05, 3.63) is 81.2 Å². The Hall–Kier alpha value is -3.41. The topological polar surface area (TPSA) is 85.6 Å². The lowest BCUT2D eigenvalue weighted by Crippen LogP contribution is -2.31. The first-order valence-electron chi connectivity index (χ1n) is 9.47. The molecule has 1 amide bonds. The molecule has 3 rings (SSSR count). The summed E-state index contributed by atoms with van der Waals surface area (Å²) in [5.74, 6) is -1.54. The molecule has 6 heteroatoms. The molecule has 0 bridgehead atoms. The summed E-state index contributed by atoms with van der Waals surface area (Å²) in [6.45, 7) is 5.32. The highest BCUT2D eigenvalue weighted by Crippen LogP contribution is 2.15. The van der Waals surface area contributed by atoms with E-state index >= 15 is 0 Å². The van der Waals surface area contributed by atoms with Gasteiger partial charge in [0.05, 0.1) is 11.4 Å². The monoisotopic (exact) mass is 393 g/mol. The van der Waals surface area contributed by atoms with Gasteiger partial charge >= 0.3 is 5.97 Å². The Labute approximate surface area is 168 Å². The van der Waals surface area contributed by atoms with Crippen LogP contribution >= 0.6 is 0 Å². The molecule has 1 heterocycles. The number of hydrogen-bond donors (Lipinski definition) is 1. The second kappa shape index (κ2) is 8.73. The van der Waals surface area contributed by atoms with E-state index in [-0.39, 0.29) is 17.2 Å². The SMILES string of the molecule is CCc1ccc([C@H](C)NC(=O)COC(=O)c2cc(=O)c3cc(C)ccc3o2)cc1. The molecule has 0 aliphatic rings. The molecule has 2 aromatic carbocycles. The zero-order valence-corrected chi connectivity index (χ0v) is 16.7. The summed E-state index contributed by atoms with van der Waals surface area (Å²) >= 11 is 0. The van der Waals surface area contributed by atoms with Gasteiger partial charge in [0.1, 0.15) is 5.58 Å². The van der Waals surface area contributed by atoms with Crippen molar-refractivity contribution >= 4 is 22.8 Å². The number of nitrogens with one attached hydrogen (secondary N) is 1. The fourth-order valence-corrected chi connectivity index (χ4v) is 2.98. The van der Waals surface area contributed by atoms with Gasteiger partial charge in [-0.2, -0.15) is 0 Å². The summed E-state index contributed by atoms with van der Waals surface area (Å²) in [4.78, 5) is 36.5. The van der Waals surface area contributed by atoms with Gasteiger partial charge < -0.3 is 14.5 Å². The Morgan fingerprint density at radius 2 is 1.83 bits per heavy atom. The molecule has 0 fully saturated rings. The lowest BCUT2D eigenvalue weighted by molar-refractivity contribution is -0.124. The van der Waals surface area contributed by atoms with Crippen LogP contribution in [-0.2, 0) is 16.0 Å². The summed E-state index contributed by atoms with van der Waals surface area (Å²) in [6, 6.07) is 13.9. The number of esters is 1. The van der Waals surface area contributed by atoms with Crippen molar-refractivity contribution in [1.82, 2.24) is 5.32 Å². The van der Waals surface area contributed by atoms with Gasteiger partial charge in [0.25, 0.3) is 5.91 Å². The number of hydrogen-bond acceptors (Lipinski definition) is 5.